The minimum absolute atomic E-state index is 0.106. The zero-order valence-corrected chi connectivity index (χ0v) is 12.0. The van der Waals surface area contributed by atoms with Gasteiger partial charge in [-0.05, 0) is 37.4 Å². The number of carbonyl (C=O) groups is 1. The Hall–Kier alpha value is -1.46. The molecule has 108 valence electrons. The maximum atomic E-state index is 12.7. The lowest BCUT2D eigenvalue weighted by Crippen LogP contribution is -2.46. The lowest BCUT2D eigenvalue weighted by atomic mass is 9.96. The number of hydrogen-bond acceptors (Lipinski definition) is 4. The lowest BCUT2D eigenvalue weighted by Gasteiger charge is -2.32. The van der Waals surface area contributed by atoms with Crippen LogP contribution in [0.4, 0.5) is 0 Å². The Morgan fingerprint density at radius 3 is 3.05 bits per heavy atom. The molecule has 1 saturated heterocycles. The van der Waals surface area contributed by atoms with Crippen molar-refractivity contribution in [3.05, 3.63) is 29.1 Å². The zero-order chi connectivity index (χ0) is 14.1. The van der Waals surface area contributed by atoms with E-state index in [-0.39, 0.29) is 11.9 Å². The zero-order valence-electron chi connectivity index (χ0n) is 12.0. The fourth-order valence-electron chi connectivity index (χ4n) is 3.18. The van der Waals surface area contributed by atoms with E-state index in [1.165, 1.54) is 11.1 Å². The molecule has 5 heteroatoms. The largest absolute Gasteiger partial charge is 0.337 e. The smallest absolute Gasteiger partial charge is 0.255 e. The number of rotatable bonds is 1. The molecule has 3 rings (SSSR count). The average molecular weight is 274 g/mol. The summed E-state index contributed by atoms with van der Waals surface area (Å²) in [6, 6.07) is 0.117. The first-order valence-electron chi connectivity index (χ1n) is 7.34. The normalized spacial score (nSPS) is 23.5. The summed E-state index contributed by atoms with van der Waals surface area (Å²) in [5.74, 6) is 0.106. The van der Waals surface area contributed by atoms with E-state index in [1.807, 2.05) is 11.1 Å². The van der Waals surface area contributed by atoms with Crippen molar-refractivity contribution in [3.63, 3.8) is 0 Å². The number of nitrogens with zero attached hydrogens (tertiary/aromatic N) is 3. The van der Waals surface area contributed by atoms with Crippen LogP contribution in [-0.2, 0) is 13.0 Å². The minimum Gasteiger partial charge on any atom is -0.337 e. The Kier molecular flexibility index (Phi) is 3.72. The molecule has 0 radical (unpaired) electrons. The van der Waals surface area contributed by atoms with E-state index >= 15 is 0 Å². The molecule has 1 atom stereocenters. The number of piperidine rings is 1. The second-order valence-corrected chi connectivity index (χ2v) is 5.97. The van der Waals surface area contributed by atoms with Gasteiger partial charge >= 0.3 is 0 Å². The topological polar surface area (TPSA) is 62.5 Å². The number of amides is 1. The van der Waals surface area contributed by atoms with E-state index in [1.54, 1.807) is 6.20 Å². The molecule has 0 bridgehead atoms. The third-order valence-electron chi connectivity index (χ3n) is 4.31. The molecule has 2 aliphatic rings. The van der Waals surface area contributed by atoms with Gasteiger partial charge in [0.2, 0.25) is 0 Å². The van der Waals surface area contributed by atoms with Crippen molar-refractivity contribution in [3.8, 4) is 0 Å². The first kappa shape index (κ1) is 13.5. The second-order valence-electron chi connectivity index (χ2n) is 5.97. The van der Waals surface area contributed by atoms with Gasteiger partial charge in [-0.2, -0.15) is 0 Å². The average Bonchev–Trinajstić information content (AvgIpc) is 2.45. The summed E-state index contributed by atoms with van der Waals surface area (Å²) in [4.78, 5) is 21.1. The molecule has 1 aromatic rings. The summed E-state index contributed by atoms with van der Waals surface area (Å²) in [6.07, 6.45) is 6.56. The van der Waals surface area contributed by atoms with E-state index in [4.69, 9.17) is 5.73 Å². The molecule has 1 aromatic heterocycles. The molecule has 1 amide bonds. The second kappa shape index (κ2) is 5.50. The summed E-state index contributed by atoms with van der Waals surface area (Å²) < 4.78 is 0. The van der Waals surface area contributed by atoms with Gasteiger partial charge in [-0.25, -0.2) is 0 Å². The molecule has 0 spiro atoms. The maximum absolute atomic E-state index is 12.7. The molecule has 0 aliphatic carbocycles. The van der Waals surface area contributed by atoms with Crippen molar-refractivity contribution in [1.29, 1.82) is 0 Å². The highest BCUT2D eigenvalue weighted by Gasteiger charge is 2.26. The van der Waals surface area contributed by atoms with Crippen LogP contribution in [0.1, 0.15) is 34.3 Å². The standard InChI is InChI=1S/C15H22N4O/c1-18-6-4-13-11(9-18)7-17-8-14(13)15(20)19-5-2-3-12(16)10-19/h7-8,12H,2-6,9-10,16H2,1H3. The van der Waals surface area contributed by atoms with Crippen molar-refractivity contribution >= 4 is 5.91 Å². The number of likely N-dealkylation sites (tertiary alicyclic amines) is 1. The van der Waals surface area contributed by atoms with Crippen molar-refractivity contribution in [2.24, 2.45) is 5.73 Å². The molecule has 1 unspecified atom stereocenters. The molecular weight excluding hydrogens is 252 g/mol. The van der Waals surface area contributed by atoms with Crippen LogP contribution in [0.15, 0.2) is 12.4 Å². The molecule has 0 saturated carbocycles. The van der Waals surface area contributed by atoms with E-state index in [0.29, 0.717) is 6.54 Å². The highest BCUT2D eigenvalue weighted by Crippen LogP contribution is 2.23. The van der Waals surface area contributed by atoms with Crippen LogP contribution in [0, 0.1) is 0 Å². The van der Waals surface area contributed by atoms with E-state index in [0.717, 1.165) is 44.5 Å². The first-order chi connectivity index (χ1) is 9.65. The predicted octanol–water partition coefficient (Wildman–Crippen LogP) is 0.633. The highest BCUT2D eigenvalue weighted by atomic mass is 16.2. The summed E-state index contributed by atoms with van der Waals surface area (Å²) in [5.41, 5.74) is 9.13. The van der Waals surface area contributed by atoms with Crippen LogP contribution >= 0.6 is 0 Å². The van der Waals surface area contributed by atoms with Crippen LogP contribution < -0.4 is 5.73 Å². The minimum atomic E-state index is 0.106. The van der Waals surface area contributed by atoms with Crippen molar-refractivity contribution < 1.29 is 4.79 Å². The quantitative estimate of drug-likeness (QED) is 0.816. The number of fused-ring (bicyclic) bond motifs is 1. The van der Waals surface area contributed by atoms with Gasteiger partial charge in [-0.1, -0.05) is 0 Å². The summed E-state index contributed by atoms with van der Waals surface area (Å²) >= 11 is 0. The van der Waals surface area contributed by atoms with Crippen LogP contribution in [0.25, 0.3) is 0 Å². The molecule has 2 N–H and O–H groups in total. The number of nitrogens with two attached hydrogens (primary N) is 1. The number of aromatic nitrogens is 1. The SMILES string of the molecule is CN1CCc2c(cncc2C(=O)N2CCCC(N)C2)C1. The molecular formula is C15H22N4O. The van der Waals surface area contributed by atoms with Gasteiger partial charge in [0, 0.05) is 44.6 Å². The number of likely N-dealkylation sites (N-methyl/N-ethyl adjacent to an activating group) is 1. The molecule has 3 heterocycles. The number of carbonyl (C=O) groups excluding carboxylic acids is 1. The van der Waals surface area contributed by atoms with Crippen LogP contribution in [0.3, 0.4) is 0 Å². The highest BCUT2D eigenvalue weighted by molar-refractivity contribution is 5.95. The van der Waals surface area contributed by atoms with Crippen LogP contribution in [0.2, 0.25) is 0 Å². The third-order valence-corrected chi connectivity index (χ3v) is 4.31. The molecule has 0 aromatic carbocycles. The molecule has 20 heavy (non-hydrogen) atoms. The van der Waals surface area contributed by atoms with Crippen molar-refractivity contribution in [2.75, 3.05) is 26.7 Å². The lowest BCUT2D eigenvalue weighted by molar-refractivity contribution is 0.0706. The van der Waals surface area contributed by atoms with E-state index in [9.17, 15) is 4.79 Å². The molecule has 1 fully saturated rings. The fourth-order valence-corrected chi connectivity index (χ4v) is 3.18. The molecule has 2 aliphatic heterocycles. The third kappa shape index (κ3) is 2.55. The van der Waals surface area contributed by atoms with Crippen molar-refractivity contribution in [2.45, 2.75) is 31.8 Å². The Morgan fingerprint density at radius 1 is 1.40 bits per heavy atom. The van der Waals surface area contributed by atoms with Crippen LogP contribution in [-0.4, -0.2) is 53.4 Å². The van der Waals surface area contributed by atoms with Gasteiger partial charge in [-0.3, -0.25) is 9.78 Å². The van der Waals surface area contributed by atoms with E-state index in [2.05, 4.69) is 16.9 Å². The summed E-state index contributed by atoms with van der Waals surface area (Å²) in [5, 5.41) is 0. The maximum Gasteiger partial charge on any atom is 0.255 e. The van der Waals surface area contributed by atoms with Gasteiger partial charge in [0.1, 0.15) is 0 Å². The fraction of sp³-hybridized carbons (Fsp3) is 0.600. The molecule has 5 nitrogen and oxygen atoms in total. The van der Waals surface area contributed by atoms with E-state index < -0.39 is 0 Å². The van der Waals surface area contributed by atoms with Gasteiger partial charge in [0.15, 0.2) is 0 Å². The van der Waals surface area contributed by atoms with Crippen LogP contribution in [0.5, 0.6) is 0 Å². The van der Waals surface area contributed by atoms with Gasteiger partial charge in [0.05, 0.1) is 5.56 Å². The summed E-state index contributed by atoms with van der Waals surface area (Å²) in [7, 11) is 2.10. The predicted molar refractivity (Wildman–Crippen MR) is 77.4 cm³/mol. The number of pyridine rings is 1. The monoisotopic (exact) mass is 274 g/mol. The Morgan fingerprint density at radius 2 is 2.25 bits per heavy atom. The van der Waals surface area contributed by atoms with Gasteiger partial charge in [-0.15, -0.1) is 0 Å². The Balaban J connectivity index is 1.86. The van der Waals surface area contributed by atoms with Crippen molar-refractivity contribution in [1.82, 2.24) is 14.8 Å². The Labute approximate surface area is 119 Å². The van der Waals surface area contributed by atoms with Gasteiger partial charge in [0.25, 0.3) is 5.91 Å². The van der Waals surface area contributed by atoms with Gasteiger partial charge < -0.3 is 15.5 Å². The summed E-state index contributed by atoms with van der Waals surface area (Å²) in [6.45, 7) is 3.36. The first-order valence-corrected chi connectivity index (χ1v) is 7.34. The number of hydrogen-bond donors (Lipinski definition) is 1. The Bertz CT molecular complexity index is 517.